The number of pyridine rings is 1. The third kappa shape index (κ3) is 3.79. The maximum atomic E-state index is 12.5. The first-order valence-electron chi connectivity index (χ1n) is 8.22. The van der Waals surface area contributed by atoms with Gasteiger partial charge in [-0.05, 0) is 38.1 Å². The summed E-state index contributed by atoms with van der Waals surface area (Å²) >= 11 is 0. The predicted octanol–water partition coefficient (Wildman–Crippen LogP) is 1.70. The fraction of sp³-hybridized carbons (Fsp3) is 0.263. The average molecular weight is 385 g/mol. The summed E-state index contributed by atoms with van der Waals surface area (Å²) in [4.78, 5) is 12.5. The molecule has 0 fully saturated rings. The Morgan fingerprint density at radius 1 is 1.26 bits per heavy atom. The van der Waals surface area contributed by atoms with E-state index in [1.54, 1.807) is 50.4 Å². The minimum Gasteiger partial charge on any atom is -0.483 e. The van der Waals surface area contributed by atoms with E-state index >= 15 is 0 Å². The predicted molar refractivity (Wildman–Crippen MR) is 102 cm³/mol. The molecule has 7 nitrogen and oxygen atoms in total. The topological polar surface area (TPSA) is 101 Å². The fourth-order valence-electron chi connectivity index (χ4n) is 3.04. The zero-order chi connectivity index (χ0) is 19.8. The lowest BCUT2D eigenvalue weighted by Gasteiger charge is -2.37. The number of nitriles is 1. The maximum Gasteiger partial charge on any atom is 0.255 e. The summed E-state index contributed by atoms with van der Waals surface area (Å²) in [6, 6.07) is 11.8. The van der Waals surface area contributed by atoms with Crippen molar-refractivity contribution < 1.29 is 13.2 Å². The molecule has 0 saturated heterocycles. The van der Waals surface area contributed by atoms with Crippen LogP contribution in [0.2, 0.25) is 0 Å². The van der Waals surface area contributed by atoms with Gasteiger partial charge in [0.05, 0.1) is 23.6 Å². The van der Waals surface area contributed by atoms with Crippen LogP contribution in [0.3, 0.4) is 0 Å². The Labute approximate surface area is 157 Å². The summed E-state index contributed by atoms with van der Waals surface area (Å²) in [5, 5.41) is 9.26. The van der Waals surface area contributed by atoms with Gasteiger partial charge >= 0.3 is 0 Å². The van der Waals surface area contributed by atoms with Gasteiger partial charge in [0.25, 0.3) is 5.56 Å². The number of aromatic nitrogens is 1. The highest BCUT2D eigenvalue weighted by Gasteiger charge is 2.36. The lowest BCUT2D eigenvalue weighted by atomic mass is 9.88. The molecule has 140 valence electrons. The van der Waals surface area contributed by atoms with Crippen molar-refractivity contribution in [1.82, 2.24) is 9.29 Å². The van der Waals surface area contributed by atoms with E-state index in [1.807, 2.05) is 0 Å². The summed E-state index contributed by atoms with van der Waals surface area (Å²) in [5.41, 5.74) is 0.934. The summed E-state index contributed by atoms with van der Waals surface area (Å²) in [6.45, 7) is 3.58. The van der Waals surface area contributed by atoms with E-state index in [1.165, 1.54) is 10.6 Å². The molecule has 1 aromatic carbocycles. The second-order valence-electron chi connectivity index (χ2n) is 6.76. The Morgan fingerprint density at radius 2 is 2.00 bits per heavy atom. The molecule has 2 heterocycles. The van der Waals surface area contributed by atoms with Gasteiger partial charge < -0.3 is 4.74 Å². The molecule has 1 aliphatic heterocycles. The molecule has 2 aromatic rings. The number of rotatable bonds is 4. The minimum atomic E-state index is -3.46. The van der Waals surface area contributed by atoms with Gasteiger partial charge in [-0.15, -0.1) is 0 Å². The van der Waals surface area contributed by atoms with E-state index < -0.39 is 15.6 Å². The van der Waals surface area contributed by atoms with Crippen LogP contribution in [0.4, 0.5) is 0 Å². The molecule has 0 radical (unpaired) electrons. The van der Waals surface area contributed by atoms with Crippen molar-refractivity contribution in [3.05, 3.63) is 69.6 Å². The van der Waals surface area contributed by atoms with Gasteiger partial charge in [-0.1, -0.05) is 6.07 Å². The maximum absolute atomic E-state index is 12.5. The number of hydrogen-bond donors (Lipinski definition) is 1. The zero-order valence-electron chi connectivity index (χ0n) is 15.2. The van der Waals surface area contributed by atoms with Crippen LogP contribution in [0.15, 0.2) is 53.0 Å². The summed E-state index contributed by atoms with van der Waals surface area (Å²) < 4.78 is 33.3. The molecular formula is C19H19N3O4S. The Balaban J connectivity index is 2.35. The second kappa shape index (κ2) is 6.68. The van der Waals surface area contributed by atoms with Crippen LogP contribution >= 0.6 is 0 Å². The number of nitrogens with one attached hydrogen (secondary N) is 1. The lowest BCUT2D eigenvalue weighted by molar-refractivity contribution is 0.141. The van der Waals surface area contributed by atoms with E-state index in [0.717, 1.165) is 6.26 Å². The molecule has 3 rings (SSSR count). The number of fused-ring (bicyclic) bond motifs is 1. The van der Waals surface area contributed by atoms with Crippen LogP contribution in [0.5, 0.6) is 5.75 Å². The SMILES string of the molecule is CC1(C)Oc2ccc(C#N)cc2C(n2ccccc2=O)=C1CNS(C)(=O)=O. The smallest absolute Gasteiger partial charge is 0.255 e. The van der Waals surface area contributed by atoms with Gasteiger partial charge in [0, 0.05) is 29.9 Å². The van der Waals surface area contributed by atoms with E-state index in [4.69, 9.17) is 4.74 Å². The van der Waals surface area contributed by atoms with Gasteiger partial charge in [-0.3, -0.25) is 9.36 Å². The summed E-state index contributed by atoms with van der Waals surface area (Å²) in [7, 11) is -3.46. The molecular weight excluding hydrogens is 366 g/mol. The fourth-order valence-corrected chi connectivity index (χ4v) is 3.45. The molecule has 1 aromatic heterocycles. The van der Waals surface area contributed by atoms with Gasteiger partial charge in [-0.2, -0.15) is 5.26 Å². The Kier molecular flexibility index (Phi) is 4.68. The zero-order valence-corrected chi connectivity index (χ0v) is 16.0. The number of ether oxygens (including phenoxy) is 1. The minimum absolute atomic E-state index is 0.0290. The first kappa shape index (κ1) is 18.9. The largest absolute Gasteiger partial charge is 0.483 e. The van der Waals surface area contributed by atoms with Gasteiger partial charge in [0.2, 0.25) is 10.0 Å². The Bertz CT molecular complexity index is 1140. The number of sulfonamides is 1. The molecule has 0 amide bonds. The summed E-state index contributed by atoms with van der Waals surface area (Å²) in [6.07, 6.45) is 2.68. The summed E-state index contributed by atoms with van der Waals surface area (Å²) in [5.74, 6) is 0.521. The van der Waals surface area contributed by atoms with Crippen LogP contribution in [0, 0.1) is 11.3 Å². The molecule has 0 aliphatic carbocycles. The van der Waals surface area contributed by atoms with Crippen LogP contribution in [0.25, 0.3) is 5.70 Å². The van der Waals surface area contributed by atoms with E-state index in [-0.39, 0.29) is 12.1 Å². The Morgan fingerprint density at radius 3 is 2.63 bits per heavy atom. The van der Waals surface area contributed by atoms with Crippen molar-refractivity contribution in [3.8, 4) is 11.8 Å². The van der Waals surface area contributed by atoms with Crippen molar-refractivity contribution in [1.29, 1.82) is 5.26 Å². The number of nitrogens with zero attached hydrogens (tertiary/aromatic N) is 2. The first-order chi connectivity index (χ1) is 12.6. The molecule has 8 heteroatoms. The molecule has 27 heavy (non-hydrogen) atoms. The van der Waals surface area contributed by atoms with Crippen LogP contribution in [-0.2, 0) is 10.0 Å². The molecule has 0 atom stereocenters. The van der Waals surface area contributed by atoms with E-state index in [0.29, 0.717) is 28.1 Å². The van der Waals surface area contributed by atoms with Crippen molar-refractivity contribution in [2.45, 2.75) is 19.4 Å². The van der Waals surface area contributed by atoms with Crippen LogP contribution < -0.4 is 15.0 Å². The van der Waals surface area contributed by atoms with Crippen molar-refractivity contribution in [3.63, 3.8) is 0 Å². The Hall–Kier alpha value is -2.89. The lowest BCUT2D eigenvalue weighted by Crippen LogP contribution is -2.42. The van der Waals surface area contributed by atoms with Crippen molar-refractivity contribution >= 4 is 15.7 Å². The highest BCUT2D eigenvalue weighted by Crippen LogP contribution is 2.41. The number of benzene rings is 1. The average Bonchev–Trinajstić information content (AvgIpc) is 2.58. The van der Waals surface area contributed by atoms with Crippen LogP contribution in [-0.4, -0.2) is 31.4 Å². The quantitative estimate of drug-likeness (QED) is 0.863. The van der Waals surface area contributed by atoms with E-state index in [2.05, 4.69) is 10.8 Å². The highest BCUT2D eigenvalue weighted by atomic mass is 32.2. The highest BCUT2D eigenvalue weighted by molar-refractivity contribution is 7.88. The van der Waals surface area contributed by atoms with Crippen LogP contribution in [0.1, 0.15) is 25.0 Å². The van der Waals surface area contributed by atoms with Crippen molar-refractivity contribution in [2.24, 2.45) is 0 Å². The first-order valence-corrected chi connectivity index (χ1v) is 10.1. The monoisotopic (exact) mass is 385 g/mol. The molecule has 0 bridgehead atoms. The molecule has 0 saturated carbocycles. The van der Waals surface area contributed by atoms with Gasteiger partial charge in [-0.25, -0.2) is 13.1 Å². The third-order valence-electron chi connectivity index (χ3n) is 4.32. The molecule has 0 spiro atoms. The van der Waals surface area contributed by atoms with Gasteiger partial charge in [0.1, 0.15) is 11.4 Å². The molecule has 1 N–H and O–H groups in total. The van der Waals surface area contributed by atoms with Crippen molar-refractivity contribution in [2.75, 3.05) is 12.8 Å². The molecule has 0 unspecified atom stereocenters. The van der Waals surface area contributed by atoms with E-state index in [9.17, 15) is 18.5 Å². The number of hydrogen-bond acceptors (Lipinski definition) is 5. The molecule has 1 aliphatic rings. The van der Waals surface area contributed by atoms with Gasteiger partial charge in [0.15, 0.2) is 0 Å². The normalized spacial score (nSPS) is 15.6. The standard InChI is InChI=1S/C19H19N3O4S/c1-19(2)15(12-21-27(3,24)25)18(22-9-5-4-6-17(22)23)14-10-13(11-20)7-8-16(14)26-19/h4-10,21H,12H2,1-3H3. The third-order valence-corrected chi connectivity index (χ3v) is 4.98. The second-order valence-corrected chi connectivity index (χ2v) is 8.60.